The van der Waals surface area contributed by atoms with Gasteiger partial charge in [0.15, 0.2) is 11.5 Å². The fourth-order valence-electron chi connectivity index (χ4n) is 2.32. The minimum absolute atomic E-state index is 0.503. The van der Waals surface area contributed by atoms with Gasteiger partial charge in [0.05, 0.1) is 7.11 Å². The van der Waals surface area contributed by atoms with Crippen LogP contribution in [-0.4, -0.2) is 13.7 Å². The molecule has 0 saturated heterocycles. The summed E-state index contributed by atoms with van der Waals surface area (Å²) in [5.74, 6) is 1.50. The first-order chi connectivity index (χ1) is 11.2. The number of hydrogen-bond donors (Lipinski definition) is 1. The van der Waals surface area contributed by atoms with E-state index < -0.39 is 0 Å². The molecular formula is C19H22BrNO2. The van der Waals surface area contributed by atoms with Gasteiger partial charge >= 0.3 is 0 Å². The standard InChI is InChI=1S/C19H22BrNO2/c1-4-10-21-12-16-17(20)8-9-18(22-3)19(16)23-13-15-7-5-6-14(2)11-15/h4-9,11,21H,1,10,12-13H2,2-3H3. The normalized spacial score (nSPS) is 10.4. The molecule has 0 bridgehead atoms. The topological polar surface area (TPSA) is 30.5 Å². The highest BCUT2D eigenvalue weighted by molar-refractivity contribution is 9.10. The van der Waals surface area contributed by atoms with Crippen molar-refractivity contribution in [1.82, 2.24) is 5.32 Å². The zero-order chi connectivity index (χ0) is 16.7. The highest BCUT2D eigenvalue weighted by atomic mass is 79.9. The van der Waals surface area contributed by atoms with Crippen LogP contribution in [0.25, 0.3) is 0 Å². The number of hydrogen-bond acceptors (Lipinski definition) is 3. The van der Waals surface area contributed by atoms with Crippen LogP contribution in [-0.2, 0) is 13.2 Å². The van der Waals surface area contributed by atoms with E-state index in [9.17, 15) is 0 Å². The Morgan fingerprint density at radius 3 is 2.78 bits per heavy atom. The highest BCUT2D eigenvalue weighted by Gasteiger charge is 2.14. The molecule has 0 aliphatic carbocycles. The van der Waals surface area contributed by atoms with Crippen molar-refractivity contribution in [2.24, 2.45) is 0 Å². The van der Waals surface area contributed by atoms with Crippen LogP contribution in [0.1, 0.15) is 16.7 Å². The molecule has 122 valence electrons. The van der Waals surface area contributed by atoms with Crippen LogP contribution in [0.15, 0.2) is 53.5 Å². The van der Waals surface area contributed by atoms with E-state index in [2.05, 4.69) is 52.9 Å². The zero-order valence-electron chi connectivity index (χ0n) is 13.6. The van der Waals surface area contributed by atoms with Gasteiger partial charge in [0.25, 0.3) is 0 Å². The van der Waals surface area contributed by atoms with Gasteiger partial charge in [-0.05, 0) is 24.6 Å². The molecule has 0 unspecified atom stereocenters. The van der Waals surface area contributed by atoms with Crippen molar-refractivity contribution in [3.8, 4) is 11.5 Å². The Labute approximate surface area is 146 Å². The Morgan fingerprint density at radius 1 is 1.26 bits per heavy atom. The second kappa shape index (κ2) is 8.75. The fraction of sp³-hybridized carbons (Fsp3) is 0.263. The molecule has 0 spiro atoms. The Hall–Kier alpha value is -1.78. The number of rotatable bonds is 8. The van der Waals surface area contributed by atoms with Crippen molar-refractivity contribution in [2.75, 3.05) is 13.7 Å². The molecular weight excluding hydrogens is 354 g/mol. The van der Waals surface area contributed by atoms with Gasteiger partial charge in [-0.1, -0.05) is 51.8 Å². The van der Waals surface area contributed by atoms with Crippen molar-refractivity contribution in [1.29, 1.82) is 0 Å². The second-order valence-electron chi connectivity index (χ2n) is 5.25. The molecule has 1 N–H and O–H groups in total. The lowest BCUT2D eigenvalue weighted by Gasteiger charge is -2.17. The van der Waals surface area contributed by atoms with Crippen molar-refractivity contribution < 1.29 is 9.47 Å². The number of benzene rings is 2. The molecule has 0 atom stereocenters. The van der Waals surface area contributed by atoms with E-state index in [0.717, 1.165) is 33.6 Å². The maximum absolute atomic E-state index is 6.09. The molecule has 0 amide bonds. The summed E-state index contributed by atoms with van der Waals surface area (Å²) in [6, 6.07) is 12.2. The van der Waals surface area contributed by atoms with Crippen molar-refractivity contribution in [3.63, 3.8) is 0 Å². The third kappa shape index (κ3) is 4.85. The van der Waals surface area contributed by atoms with Gasteiger partial charge < -0.3 is 14.8 Å². The second-order valence-corrected chi connectivity index (χ2v) is 6.11. The highest BCUT2D eigenvalue weighted by Crippen LogP contribution is 2.36. The van der Waals surface area contributed by atoms with E-state index in [1.54, 1.807) is 7.11 Å². The zero-order valence-corrected chi connectivity index (χ0v) is 15.2. The van der Waals surface area contributed by atoms with Crippen molar-refractivity contribution >= 4 is 15.9 Å². The minimum Gasteiger partial charge on any atom is -0.493 e. The first kappa shape index (κ1) is 17.6. The number of ether oxygens (including phenoxy) is 2. The molecule has 4 heteroatoms. The fourth-order valence-corrected chi connectivity index (χ4v) is 2.78. The predicted molar refractivity (Wildman–Crippen MR) is 98.1 cm³/mol. The molecule has 0 aliphatic heterocycles. The number of halogens is 1. The Balaban J connectivity index is 2.23. The Kier molecular flexibility index (Phi) is 6.68. The van der Waals surface area contributed by atoms with E-state index in [-0.39, 0.29) is 0 Å². The third-order valence-corrected chi connectivity index (χ3v) is 4.19. The molecule has 0 radical (unpaired) electrons. The summed E-state index contributed by atoms with van der Waals surface area (Å²) in [4.78, 5) is 0. The number of aryl methyl sites for hydroxylation is 1. The van der Waals surface area contributed by atoms with Gasteiger partial charge in [-0.2, -0.15) is 0 Å². The Morgan fingerprint density at radius 2 is 2.09 bits per heavy atom. The van der Waals surface area contributed by atoms with Gasteiger partial charge in [0, 0.05) is 23.1 Å². The molecule has 0 fully saturated rings. The summed E-state index contributed by atoms with van der Waals surface area (Å²) < 4.78 is 12.6. The molecule has 0 saturated carbocycles. The molecule has 3 nitrogen and oxygen atoms in total. The molecule has 0 aromatic heterocycles. The van der Waals surface area contributed by atoms with Gasteiger partial charge in [-0.3, -0.25) is 0 Å². The van der Waals surface area contributed by atoms with Crippen LogP contribution >= 0.6 is 15.9 Å². The van der Waals surface area contributed by atoms with E-state index in [1.807, 2.05) is 24.3 Å². The smallest absolute Gasteiger partial charge is 0.167 e. The van der Waals surface area contributed by atoms with Crippen LogP contribution in [0.4, 0.5) is 0 Å². The van der Waals surface area contributed by atoms with Gasteiger partial charge in [0.2, 0.25) is 0 Å². The summed E-state index contributed by atoms with van der Waals surface area (Å²) in [6.07, 6.45) is 1.83. The SMILES string of the molecule is C=CCNCc1c(Br)ccc(OC)c1OCc1cccc(C)c1. The molecule has 23 heavy (non-hydrogen) atoms. The van der Waals surface area contributed by atoms with Crippen LogP contribution in [0, 0.1) is 6.92 Å². The summed E-state index contributed by atoms with van der Waals surface area (Å²) in [7, 11) is 1.66. The van der Waals surface area contributed by atoms with Crippen LogP contribution in [0.2, 0.25) is 0 Å². The first-order valence-corrected chi connectivity index (χ1v) is 8.30. The lowest BCUT2D eigenvalue weighted by atomic mass is 10.1. The van der Waals surface area contributed by atoms with Crippen molar-refractivity contribution in [2.45, 2.75) is 20.1 Å². The average Bonchev–Trinajstić information content (AvgIpc) is 2.55. The maximum Gasteiger partial charge on any atom is 0.167 e. The molecule has 2 aromatic carbocycles. The van der Waals surface area contributed by atoms with Gasteiger partial charge in [-0.15, -0.1) is 6.58 Å². The maximum atomic E-state index is 6.09. The van der Waals surface area contributed by atoms with Gasteiger partial charge in [-0.25, -0.2) is 0 Å². The summed E-state index contributed by atoms with van der Waals surface area (Å²) >= 11 is 3.60. The lowest BCUT2D eigenvalue weighted by molar-refractivity contribution is 0.280. The average molecular weight is 376 g/mol. The largest absolute Gasteiger partial charge is 0.493 e. The quantitative estimate of drug-likeness (QED) is 0.539. The molecule has 2 rings (SSSR count). The lowest BCUT2D eigenvalue weighted by Crippen LogP contribution is -2.14. The first-order valence-electron chi connectivity index (χ1n) is 7.51. The molecule has 0 heterocycles. The van der Waals surface area contributed by atoms with Crippen LogP contribution in [0.5, 0.6) is 11.5 Å². The molecule has 0 aliphatic rings. The Bertz CT molecular complexity index is 670. The third-order valence-electron chi connectivity index (χ3n) is 3.44. The summed E-state index contributed by atoms with van der Waals surface area (Å²) in [5, 5.41) is 3.31. The van der Waals surface area contributed by atoms with Gasteiger partial charge in [0.1, 0.15) is 6.61 Å². The summed E-state index contributed by atoms with van der Waals surface area (Å²) in [6.45, 7) is 7.72. The van der Waals surface area contributed by atoms with E-state index in [4.69, 9.17) is 9.47 Å². The van der Waals surface area contributed by atoms with E-state index >= 15 is 0 Å². The molecule has 2 aromatic rings. The minimum atomic E-state index is 0.503. The predicted octanol–water partition coefficient (Wildman–Crippen LogP) is 4.62. The van der Waals surface area contributed by atoms with Crippen LogP contribution in [0.3, 0.4) is 0 Å². The van der Waals surface area contributed by atoms with E-state index in [1.165, 1.54) is 5.56 Å². The number of methoxy groups -OCH3 is 1. The van der Waals surface area contributed by atoms with Crippen LogP contribution < -0.4 is 14.8 Å². The monoisotopic (exact) mass is 375 g/mol. The number of nitrogens with one attached hydrogen (secondary N) is 1. The van der Waals surface area contributed by atoms with Crippen molar-refractivity contribution in [3.05, 3.63) is 70.2 Å². The van der Waals surface area contributed by atoms with E-state index in [0.29, 0.717) is 13.2 Å². The summed E-state index contributed by atoms with van der Waals surface area (Å²) in [5.41, 5.74) is 3.40.